The van der Waals surface area contributed by atoms with Gasteiger partial charge in [0.05, 0.1) is 18.9 Å². The quantitative estimate of drug-likeness (QED) is 0.910. The molecule has 1 aromatic carbocycles. The fourth-order valence-corrected chi connectivity index (χ4v) is 1.98. The highest BCUT2D eigenvalue weighted by atomic mass is 16.4. The highest BCUT2D eigenvalue weighted by Crippen LogP contribution is 2.18. The average Bonchev–Trinajstić information content (AvgIpc) is 2.86. The molecule has 2 aromatic rings. The van der Waals surface area contributed by atoms with Gasteiger partial charge in [0, 0.05) is 19.3 Å². The van der Waals surface area contributed by atoms with E-state index >= 15 is 0 Å². The van der Waals surface area contributed by atoms with Gasteiger partial charge in [-0.25, -0.2) is 4.98 Å². The number of carbonyl (C=O) groups is 2. The van der Waals surface area contributed by atoms with Gasteiger partial charge >= 0.3 is 5.97 Å². The number of carbonyl (C=O) groups excluding carboxylic acids is 1. The van der Waals surface area contributed by atoms with Crippen LogP contribution in [0.3, 0.4) is 0 Å². The van der Waals surface area contributed by atoms with Gasteiger partial charge in [0.25, 0.3) is 5.91 Å². The van der Waals surface area contributed by atoms with Gasteiger partial charge in [-0.3, -0.25) is 9.59 Å². The van der Waals surface area contributed by atoms with Crippen molar-refractivity contribution in [1.29, 1.82) is 0 Å². The molecule has 1 heterocycles. The Morgan fingerprint density at radius 1 is 1.29 bits per heavy atom. The lowest BCUT2D eigenvalue weighted by molar-refractivity contribution is -0.136. The van der Waals surface area contributed by atoms with Crippen molar-refractivity contribution >= 4 is 17.6 Å². The number of hydrogen-bond acceptors (Lipinski definition) is 3. The molecule has 2 rings (SSSR count). The van der Waals surface area contributed by atoms with Crippen LogP contribution >= 0.6 is 0 Å². The second-order valence-corrected chi connectivity index (χ2v) is 4.83. The van der Waals surface area contributed by atoms with Gasteiger partial charge in [-0.05, 0) is 19.1 Å². The summed E-state index contributed by atoms with van der Waals surface area (Å²) in [6, 6.07) is 7.40. The highest BCUT2D eigenvalue weighted by molar-refractivity contribution is 6.05. The Morgan fingerprint density at radius 3 is 2.48 bits per heavy atom. The average molecular weight is 287 g/mol. The summed E-state index contributed by atoms with van der Waals surface area (Å²) in [7, 11) is 1.73. The van der Waals surface area contributed by atoms with Gasteiger partial charge in [-0.2, -0.15) is 0 Å². The molecular formula is C15H17N3O3. The van der Waals surface area contributed by atoms with Gasteiger partial charge < -0.3 is 14.6 Å². The van der Waals surface area contributed by atoms with Crippen LogP contribution in [0.1, 0.15) is 22.5 Å². The second-order valence-electron chi connectivity index (χ2n) is 4.83. The molecule has 0 unspecified atom stereocenters. The van der Waals surface area contributed by atoms with E-state index in [1.165, 1.54) is 17.4 Å². The van der Waals surface area contributed by atoms with E-state index < -0.39 is 5.97 Å². The minimum atomic E-state index is -0.940. The first-order valence-corrected chi connectivity index (χ1v) is 6.55. The lowest BCUT2D eigenvalue weighted by Crippen LogP contribution is -2.34. The number of carboxylic acids is 1. The van der Waals surface area contributed by atoms with Gasteiger partial charge in [-0.1, -0.05) is 17.7 Å². The molecule has 1 aromatic heterocycles. The van der Waals surface area contributed by atoms with Crippen molar-refractivity contribution in [2.75, 3.05) is 11.4 Å². The number of anilines is 1. The molecule has 0 spiro atoms. The second kappa shape index (κ2) is 6.21. The smallest absolute Gasteiger partial charge is 0.305 e. The fourth-order valence-electron chi connectivity index (χ4n) is 1.98. The van der Waals surface area contributed by atoms with Crippen LogP contribution in [0.4, 0.5) is 5.69 Å². The van der Waals surface area contributed by atoms with Crippen LogP contribution in [-0.4, -0.2) is 33.1 Å². The SMILES string of the molecule is Cc1ccc(N(CCC(=O)O)C(=O)c2cncn2C)cc1. The topological polar surface area (TPSA) is 75.4 Å². The first kappa shape index (κ1) is 14.8. The largest absolute Gasteiger partial charge is 0.481 e. The van der Waals surface area contributed by atoms with E-state index in [1.54, 1.807) is 11.6 Å². The summed E-state index contributed by atoms with van der Waals surface area (Å²) in [5.74, 6) is -1.20. The molecular weight excluding hydrogens is 270 g/mol. The molecule has 0 bridgehead atoms. The molecule has 0 saturated carbocycles. The van der Waals surface area contributed by atoms with Crippen molar-refractivity contribution in [3.8, 4) is 0 Å². The maximum absolute atomic E-state index is 12.6. The van der Waals surface area contributed by atoms with Crippen molar-refractivity contribution < 1.29 is 14.7 Å². The Balaban J connectivity index is 2.31. The summed E-state index contributed by atoms with van der Waals surface area (Å²) in [5.41, 5.74) is 2.17. The number of aliphatic carboxylic acids is 1. The molecule has 0 aliphatic carbocycles. The Bertz CT molecular complexity index is 646. The zero-order chi connectivity index (χ0) is 15.4. The minimum Gasteiger partial charge on any atom is -0.481 e. The third kappa shape index (κ3) is 3.47. The maximum Gasteiger partial charge on any atom is 0.305 e. The summed E-state index contributed by atoms with van der Waals surface area (Å²) in [6.07, 6.45) is 2.90. The van der Waals surface area contributed by atoms with Crippen molar-refractivity contribution in [3.05, 3.63) is 48.0 Å². The van der Waals surface area contributed by atoms with E-state index in [-0.39, 0.29) is 18.9 Å². The van der Waals surface area contributed by atoms with Crippen LogP contribution in [0, 0.1) is 6.92 Å². The van der Waals surface area contributed by atoms with Crippen LogP contribution in [0.15, 0.2) is 36.8 Å². The molecule has 0 radical (unpaired) electrons. The zero-order valence-electron chi connectivity index (χ0n) is 12.0. The summed E-state index contributed by atoms with van der Waals surface area (Å²) in [6.45, 7) is 2.07. The number of imidazole rings is 1. The van der Waals surface area contributed by atoms with Crippen LogP contribution in [0.2, 0.25) is 0 Å². The summed E-state index contributed by atoms with van der Waals surface area (Å²) < 4.78 is 1.62. The van der Waals surface area contributed by atoms with E-state index in [1.807, 2.05) is 31.2 Å². The highest BCUT2D eigenvalue weighted by Gasteiger charge is 2.21. The van der Waals surface area contributed by atoms with E-state index in [0.717, 1.165) is 5.56 Å². The van der Waals surface area contributed by atoms with Crippen molar-refractivity contribution in [1.82, 2.24) is 9.55 Å². The summed E-state index contributed by atoms with van der Waals surface area (Å²) >= 11 is 0. The monoisotopic (exact) mass is 287 g/mol. The van der Waals surface area contributed by atoms with Gasteiger partial charge in [0.15, 0.2) is 0 Å². The Kier molecular flexibility index (Phi) is 4.37. The van der Waals surface area contributed by atoms with E-state index in [9.17, 15) is 9.59 Å². The number of carboxylic acid groups (broad SMARTS) is 1. The lowest BCUT2D eigenvalue weighted by Gasteiger charge is -2.22. The zero-order valence-corrected chi connectivity index (χ0v) is 12.0. The molecule has 0 aliphatic heterocycles. The molecule has 21 heavy (non-hydrogen) atoms. The third-order valence-electron chi connectivity index (χ3n) is 3.18. The Labute approximate surface area is 122 Å². The van der Waals surface area contributed by atoms with Crippen LogP contribution in [0.5, 0.6) is 0 Å². The maximum atomic E-state index is 12.6. The molecule has 6 nitrogen and oxygen atoms in total. The van der Waals surface area contributed by atoms with Crippen molar-refractivity contribution in [2.45, 2.75) is 13.3 Å². The summed E-state index contributed by atoms with van der Waals surface area (Å²) in [5, 5.41) is 8.86. The number of nitrogens with zero attached hydrogens (tertiary/aromatic N) is 3. The number of hydrogen-bond donors (Lipinski definition) is 1. The fraction of sp³-hybridized carbons (Fsp3) is 0.267. The normalized spacial score (nSPS) is 10.4. The minimum absolute atomic E-state index is 0.113. The van der Waals surface area contributed by atoms with Gasteiger partial charge in [0.2, 0.25) is 0 Å². The molecule has 6 heteroatoms. The Morgan fingerprint density at radius 2 is 1.95 bits per heavy atom. The predicted molar refractivity (Wildman–Crippen MR) is 78.3 cm³/mol. The number of aromatic nitrogens is 2. The van der Waals surface area contributed by atoms with Gasteiger partial charge in [0.1, 0.15) is 5.69 Å². The standard InChI is InChI=1S/C15H17N3O3/c1-11-3-5-12(6-4-11)18(8-7-14(19)20)15(21)13-9-16-10-17(13)2/h3-6,9-10H,7-8H2,1-2H3,(H,19,20). The van der Waals surface area contributed by atoms with Crippen LogP contribution < -0.4 is 4.90 Å². The van der Waals surface area contributed by atoms with E-state index in [0.29, 0.717) is 11.4 Å². The molecule has 1 N–H and O–H groups in total. The molecule has 0 fully saturated rings. The van der Waals surface area contributed by atoms with E-state index in [2.05, 4.69) is 4.98 Å². The summed E-state index contributed by atoms with van der Waals surface area (Å²) in [4.78, 5) is 28.8. The molecule has 0 atom stereocenters. The van der Waals surface area contributed by atoms with Gasteiger partial charge in [-0.15, -0.1) is 0 Å². The molecule has 0 aliphatic rings. The molecule has 1 amide bonds. The lowest BCUT2D eigenvalue weighted by atomic mass is 10.2. The number of rotatable bonds is 5. The molecule has 0 saturated heterocycles. The number of aryl methyl sites for hydroxylation is 2. The number of benzene rings is 1. The molecule has 110 valence electrons. The van der Waals surface area contributed by atoms with Crippen molar-refractivity contribution in [3.63, 3.8) is 0 Å². The first-order valence-electron chi connectivity index (χ1n) is 6.55. The third-order valence-corrected chi connectivity index (χ3v) is 3.18. The van der Waals surface area contributed by atoms with Crippen LogP contribution in [-0.2, 0) is 11.8 Å². The predicted octanol–water partition coefficient (Wildman–Crippen LogP) is 1.85. The van der Waals surface area contributed by atoms with Crippen LogP contribution in [0.25, 0.3) is 0 Å². The Hall–Kier alpha value is -2.63. The van der Waals surface area contributed by atoms with E-state index in [4.69, 9.17) is 5.11 Å². The van der Waals surface area contributed by atoms with Crippen molar-refractivity contribution in [2.24, 2.45) is 7.05 Å². The number of amides is 1. The first-order chi connectivity index (χ1) is 9.99.